The Morgan fingerprint density at radius 1 is 1.60 bits per heavy atom. The fourth-order valence-electron chi connectivity index (χ4n) is 1.50. The normalized spacial score (nSPS) is 34.4. The average Bonchev–Trinajstić information content (AvgIpc) is 2.13. The molecule has 3 nitrogen and oxygen atoms in total. The van der Waals surface area contributed by atoms with Crippen molar-refractivity contribution in [1.82, 2.24) is 0 Å². The number of nitrogens with two attached hydrogens (primary N) is 1. The molecular weight excluding hydrogens is 149 g/mol. The summed E-state index contributed by atoms with van der Waals surface area (Å²) in [6.45, 7) is 0. The number of hydrogen-bond acceptors (Lipinski definition) is 2. The molecule has 1 rings (SSSR count). The molecular formula is C6H13NO2P+. The minimum absolute atomic E-state index is 0.278. The largest absolute Gasteiger partial charge is 0.505 e. The molecule has 3 atom stereocenters. The molecule has 0 spiro atoms. The second kappa shape index (κ2) is 3.42. The minimum Gasteiger partial charge on any atom is -0.328 e. The van der Waals surface area contributed by atoms with Gasteiger partial charge in [-0.3, -0.25) is 0 Å². The van der Waals surface area contributed by atoms with Crippen LogP contribution in [0.5, 0.6) is 0 Å². The molecule has 0 aromatic carbocycles. The zero-order valence-corrected chi connectivity index (χ0v) is 6.76. The quantitative estimate of drug-likeness (QED) is 0.591. The molecule has 0 saturated heterocycles. The molecule has 0 radical (unpaired) electrons. The van der Waals surface area contributed by atoms with Gasteiger partial charge in [0.1, 0.15) is 0 Å². The highest BCUT2D eigenvalue weighted by Gasteiger charge is 2.28. The maximum Gasteiger partial charge on any atom is 0.505 e. The van der Waals surface area contributed by atoms with E-state index in [0.29, 0.717) is 12.1 Å². The van der Waals surface area contributed by atoms with Crippen molar-refractivity contribution in [3.8, 4) is 0 Å². The topological polar surface area (TPSA) is 63.3 Å². The third-order valence-electron chi connectivity index (χ3n) is 2.00. The van der Waals surface area contributed by atoms with Crippen molar-refractivity contribution in [2.24, 2.45) is 11.7 Å². The summed E-state index contributed by atoms with van der Waals surface area (Å²) < 4.78 is 10.4. The van der Waals surface area contributed by atoms with E-state index in [9.17, 15) is 4.57 Å². The van der Waals surface area contributed by atoms with Crippen LogP contribution in [0.2, 0.25) is 0 Å². The lowest BCUT2D eigenvalue weighted by Crippen LogP contribution is -2.15. The predicted molar refractivity (Wildman–Crippen MR) is 40.0 cm³/mol. The number of hydrogen-bond donors (Lipinski definition) is 2. The highest BCUT2D eigenvalue weighted by molar-refractivity contribution is 7.38. The third-order valence-corrected chi connectivity index (χ3v) is 2.82. The molecule has 0 bridgehead atoms. The molecule has 10 heavy (non-hydrogen) atoms. The lowest BCUT2D eigenvalue weighted by Gasteiger charge is -1.98. The minimum atomic E-state index is -1.94. The molecule has 1 unspecified atom stereocenters. The lowest BCUT2D eigenvalue weighted by molar-refractivity contribution is 0.483. The van der Waals surface area contributed by atoms with Crippen molar-refractivity contribution in [1.29, 1.82) is 0 Å². The van der Waals surface area contributed by atoms with Crippen LogP contribution < -0.4 is 5.73 Å². The van der Waals surface area contributed by atoms with Crippen molar-refractivity contribution in [2.75, 3.05) is 6.16 Å². The summed E-state index contributed by atoms with van der Waals surface area (Å²) in [6, 6.07) is 0.278. The lowest BCUT2D eigenvalue weighted by atomic mass is 10.1. The molecule has 0 aliphatic heterocycles. The molecule has 0 heterocycles. The predicted octanol–water partition coefficient (Wildman–Crippen LogP) is 0.849. The monoisotopic (exact) mass is 162 g/mol. The van der Waals surface area contributed by atoms with Crippen molar-refractivity contribution >= 4 is 8.03 Å². The van der Waals surface area contributed by atoms with Gasteiger partial charge in [0.15, 0.2) is 6.16 Å². The summed E-state index contributed by atoms with van der Waals surface area (Å²) in [7, 11) is -1.94. The first-order valence-corrected chi connectivity index (χ1v) is 4.97. The van der Waals surface area contributed by atoms with Crippen LogP contribution in [-0.2, 0) is 4.57 Å². The summed E-state index contributed by atoms with van der Waals surface area (Å²) in [4.78, 5) is 8.57. The SMILES string of the molecule is N[C@@H]1CC[C@H](C[P+](=O)O)C1. The van der Waals surface area contributed by atoms with Crippen molar-refractivity contribution in [3.05, 3.63) is 0 Å². The first-order valence-electron chi connectivity index (χ1n) is 3.57. The standard InChI is InChI=1S/C6H12NO2P/c7-6-2-1-5(3-6)4-10(8)9/h5-6H,1-4,7H2/p+1/t5-,6+/m0/s1. The Bertz CT molecular complexity index is 140. The highest BCUT2D eigenvalue weighted by Crippen LogP contribution is 2.30. The molecule has 1 fully saturated rings. The van der Waals surface area contributed by atoms with Gasteiger partial charge in [0.05, 0.1) is 0 Å². The van der Waals surface area contributed by atoms with E-state index in [1.54, 1.807) is 0 Å². The molecule has 3 N–H and O–H groups in total. The van der Waals surface area contributed by atoms with E-state index in [1.807, 2.05) is 0 Å². The van der Waals surface area contributed by atoms with Crippen molar-refractivity contribution in [3.63, 3.8) is 0 Å². The van der Waals surface area contributed by atoms with Crippen LogP contribution >= 0.6 is 8.03 Å². The highest BCUT2D eigenvalue weighted by atomic mass is 31.1. The Balaban J connectivity index is 2.24. The van der Waals surface area contributed by atoms with Crippen LogP contribution in [0.3, 0.4) is 0 Å². The Morgan fingerprint density at radius 3 is 2.70 bits per heavy atom. The summed E-state index contributed by atoms with van der Waals surface area (Å²) in [5.41, 5.74) is 5.62. The first-order chi connectivity index (χ1) is 4.68. The van der Waals surface area contributed by atoms with Crippen LogP contribution in [0.25, 0.3) is 0 Å². The summed E-state index contributed by atoms with van der Waals surface area (Å²) in [5, 5.41) is 0. The van der Waals surface area contributed by atoms with Gasteiger partial charge in [-0.25, -0.2) is 0 Å². The van der Waals surface area contributed by atoms with E-state index in [0.717, 1.165) is 19.3 Å². The van der Waals surface area contributed by atoms with Crippen LogP contribution in [0, 0.1) is 5.92 Å². The fourth-order valence-corrected chi connectivity index (χ4v) is 2.27. The van der Waals surface area contributed by atoms with Crippen LogP contribution in [0.15, 0.2) is 0 Å². The van der Waals surface area contributed by atoms with E-state index >= 15 is 0 Å². The molecule has 4 heteroatoms. The van der Waals surface area contributed by atoms with Gasteiger partial charge >= 0.3 is 8.03 Å². The van der Waals surface area contributed by atoms with Gasteiger partial charge in [0.25, 0.3) is 0 Å². The summed E-state index contributed by atoms with van der Waals surface area (Å²) >= 11 is 0. The Morgan fingerprint density at radius 2 is 2.30 bits per heavy atom. The maximum atomic E-state index is 10.4. The van der Waals surface area contributed by atoms with Crippen LogP contribution in [-0.4, -0.2) is 17.1 Å². The summed E-state index contributed by atoms with van der Waals surface area (Å²) in [6.07, 6.45) is 3.43. The number of rotatable bonds is 2. The Hall–Kier alpha value is 0.0200. The zero-order valence-electron chi connectivity index (χ0n) is 5.86. The van der Waals surface area contributed by atoms with Gasteiger partial charge in [-0.2, -0.15) is 4.89 Å². The first kappa shape index (κ1) is 8.12. The Labute approximate surface area is 61.5 Å². The van der Waals surface area contributed by atoms with E-state index in [4.69, 9.17) is 10.6 Å². The molecule has 1 saturated carbocycles. The van der Waals surface area contributed by atoms with Gasteiger partial charge in [-0.05, 0) is 23.8 Å². The zero-order chi connectivity index (χ0) is 7.56. The van der Waals surface area contributed by atoms with E-state index < -0.39 is 8.03 Å². The Kier molecular flexibility index (Phi) is 2.78. The van der Waals surface area contributed by atoms with E-state index in [1.165, 1.54) is 0 Å². The molecule has 1 aliphatic rings. The maximum absolute atomic E-state index is 10.4. The van der Waals surface area contributed by atoms with Crippen LogP contribution in [0.1, 0.15) is 19.3 Å². The van der Waals surface area contributed by atoms with Gasteiger partial charge in [-0.1, -0.05) is 0 Å². The smallest absolute Gasteiger partial charge is 0.328 e. The second-order valence-corrected chi connectivity index (χ2v) is 4.04. The van der Waals surface area contributed by atoms with Gasteiger partial charge in [0.2, 0.25) is 0 Å². The molecule has 0 aromatic rings. The van der Waals surface area contributed by atoms with Crippen molar-refractivity contribution in [2.45, 2.75) is 25.3 Å². The third kappa shape index (κ3) is 2.33. The average molecular weight is 162 g/mol. The molecule has 1 aliphatic carbocycles. The molecule has 58 valence electrons. The molecule has 0 amide bonds. The van der Waals surface area contributed by atoms with E-state index in [-0.39, 0.29) is 6.04 Å². The van der Waals surface area contributed by atoms with Gasteiger partial charge in [-0.15, -0.1) is 0 Å². The van der Waals surface area contributed by atoms with Gasteiger partial charge < -0.3 is 5.73 Å². The summed E-state index contributed by atoms with van der Waals surface area (Å²) in [5.74, 6) is 0.406. The van der Waals surface area contributed by atoms with E-state index in [2.05, 4.69) is 0 Å². The molecule has 0 aromatic heterocycles. The van der Waals surface area contributed by atoms with Crippen LogP contribution in [0.4, 0.5) is 0 Å². The van der Waals surface area contributed by atoms with Gasteiger partial charge in [0, 0.05) is 12.0 Å². The second-order valence-electron chi connectivity index (χ2n) is 2.97. The van der Waals surface area contributed by atoms with Crippen molar-refractivity contribution < 1.29 is 9.46 Å². The fraction of sp³-hybridized carbons (Fsp3) is 1.00.